The van der Waals surface area contributed by atoms with E-state index < -0.39 is 6.10 Å². The van der Waals surface area contributed by atoms with Crippen LogP contribution in [0.5, 0.6) is 0 Å². The summed E-state index contributed by atoms with van der Waals surface area (Å²) in [6.07, 6.45) is 0.440. The predicted octanol–water partition coefficient (Wildman–Crippen LogP) is 1.78. The van der Waals surface area contributed by atoms with E-state index in [2.05, 4.69) is 5.32 Å². The zero-order valence-corrected chi connectivity index (χ0v) is 9.24. The Morgan fingerprint density at radius 2 is 2.06 bits per heavy atom. The molecule has 1 atom stereocenters. The van der Waals surface area contributed by atoms with Crippen molar-refractivity contribution in [1.29, 1.82) is 0 Å². The molecule has 88 valence electrons. The first-order valence-electron chi connectivity index (χ1n) is 5.33. The van der Waals surface area contributed by atoms with Gasteiger partial charge in [0.25, 0.3) is 0 Å². The number of halogens is 1. The molecule has 0 aliphatic carbocycles. The second-order valence-corrected chi connectivity index (χ2v) is 3.62. The van der Waals surface area contributed by atoms with Crippen molar-refractivity contribution in [2.24, 2.45) is 0 Å². The number of hydrogen-bond acceptors (Lipinski definition) is 2. The molecule has 0 spiro atoms. The first-order valence-corrected chi connectivity index (χ1v) is 5.33. The minimum absolute atomic E-state index is 0.0799. The molecule has 0 bridgehead atoms. The van der Waals surface area contributed by atoms with E-state index in [0.29, 0.717) is 12.0 Å². The van der Waals surface area contributed by atoms with Crippen molar-refractivity contribution >= 4 is 5.91 Å². The van der Waals surface area contributed by atoms with Crippen LogP contribution in [-0.2, 0) is 4.79 Å². The van der Waals surface area contributed by atoms with E-state index in [-0.39, 0.29) is 18.3 Å². The van der Waals surface area contributed by atoms with Gasteiger partial charge in [0, 0.05) is 13.0 Å². The molecule has 1 aromatic carbocycles. The maximum absolute atomic E-state index is 12.6. The van der Waals surface area contributed by atoms with Gasteiger partial charge in [-0.1, -0.05) is 19.1 Å². The van der Waals surface area contributed by atoms with Crippen molar-refractivity contribution in [2.75, 3.05) is 6.54 Å². The lowest BCUT2D eigenvalue weighted by Crippen LogP contribution is -2.27. The zero-order chi connectivity index (χ0) is 12.0. The highest BCUT2D eigenvalue weighted by Crippen LogP contribution is 2.12. The predicted molar refractivity (Wildman–Crippen MR) is 59.3 cm³/mol. The van der Waals surface area contributed by atoms with Gasteiger partial charge in [-0.25, -0.2) is 4.39 Å². The Balaban J connectivity index is 2.43. The summed E-state index contributed by atoms with van der Waals surface area (Å²) in [5.74, 6) is -0.422. The van der Waals surface area contributed by atoms with Gasteiger partial charge in [-0.3, -0.25) is 4.79 Å². The van der Waals surface area contributed by atoms with Crippen LogP contribution in [-0.4, -0.2) is 17.6 Å². The van der Waals surface area contributed by atoms with Gasteiger partial charge in [0.15, 0.2) is 0 Å². The van der Waals surface area contributed by atoms with E-state index in [1.165, 1.54) is 24.3 Å². The van der Waals surface area contributed by atoms with Crippen LogP contribution in [0.15, 0.2) is 24.3 Å². The molecule has 0 heterocycles. The minimum atomic E-state index is -0.790. The summed E-state index contributed by atoms with van der Waals surface area (Å²) in [6.45, 7) is 2.07. The van der Waals surface area contributed by atoms with Crippen LogP contribution < -0.4 is 5.32 Å². The first-order chi connectivity index (χ1) is 7.63. The number of carbonyl (C=O) groups excluding carboxylic acids is 1. The number of aliphatic hydroxyl groups excluding tert-OH is 1. The summed E-state index contributed by atoms with van der Waals surface area (Å²) in [5.41, 5.74) is 0.596. The fourth-order valence-corrected chi connectivity index (χ4v) is 1.33. The lowest BCUT2D eigenvalue weighted by atomic mass is 10.1. The van der Waals surface area contributed by atoms with Gasteiger partial charge in [-0.2, -0.15) is 0 Å². The molecular formula is C12H16FNO2. The van der Waals surface area contributed by atoms with Crippen LogP contribution in [0.4, 0.5) is 4.39 Å². The topological polar surface area (TPSA) is 49.3 Å². The van der Waals surface area contributed by atoms with Crippen LogP contribution in [0.2, 0.25) is 0 Å². The fraction of sp³-hybridized carbons (Fsp3) is 0.417. The third kappa shape index (κ3) is 3.98. The summed E-state index contributed by atoms with van der Waals surface area (Å²) in [4.78, 5) is 11.2. The van der Waals surface area contributed by atoms with Gasteiger partial charge in [-0.15, -0.1) is 0 Å². The van der Waals surface area contributed by atoms with E-state index in [1.54, 1.807) is 0 Å². The van der Waals surface area contributed by atoms with Crippen molar-refractivity contribution in [3.8, 4) is 0 Å². The number of aliphatic hydroxyl groups is 1. The molecule has 1 rings (SSSR count). The molecule has 4 heteroatoms. The lowest BCUT2D eigenvalue weighted by Gasteiger charge is -2.11. The quantitative estimate of drug-likeness (QED) is 0.802. The van der Waals surface area contributed by atoms with Gasteiger partial charge in [0.1, 0.15) is 5.82 Å². The van der Waals surface area contributed by atoms with Gasteiger partial charge >= 0.3 is 0 Å². The Labute approximate surface area is 94.3 Å². The van der Waals surface area contributed by atoms with Gasteiger partial charge < -0.3 is 10.4 Å². The highest BCUT2D eigenvalue weighted by Gasteiger charge is 2.08. The van der Waals surface area contributed by atoms with Gasteiger partial charge in [0.2, 0.25) is 5.91 Å². The molecular weight excluding hydrogens is 209 g/mol. The Morgan fingerprint density at radius 1 is 1.44 bits per heavy atom. The summed E-state index contributed by atoms with van der Waals surface area (Å²) >= 11 is 0. The molecule has 2 N–H and O–H groups in total. The molecule has 0 fully saturated rings. The highest BCUT2D eigenvalue weighted by molar-refractivity contribution is 5.75. The standard InChI is InChI=1S/C12H16FNO2/c1-2-3-12(16)14-8-11(15)9-4-6-10(13)7-5-9/h4-7,11,15H,2-3,8H2,1H3,(H,14,16). The van der Waals surface area contributed by atoms with E-state index in [4.69, 9.17) is 0 Å². The number of hydrogen-bond donors (Lipinski definition) is 2. The molecule has 16 heavy (non-hydrogen) atoms. The van der Waals surface area contributed by atoms with E-state index >= 15 is 0 Å². The Morgan fingerprint density at radius 3 is 2.62 bits per heavy atom. The maximum Gasteiger partial charge on any atom is 0.220 e. The largest absolute Gasteiger partial charge is 0.387 e. The number of amides is 1. The van der Waals surface area contributed by atoms with Crippen LogP contribution in [0, 0.1) is 5.82 Å². The molecule has 0 aliphatic rings. The molecule has 3 nitrogen and oxygen atoms in total. The monoisotopic (exact) mass is 225 g/mol. The third-order valence-corrected chi connectivity index (χ3v) is 2.22. The maximum atomic E-state index is 12.6. The molecule has 1 unspecified atom stereocenters. The molecule has 0 aliphatic heterocycles. The molecule has 0 radical (unpaired) electrons. The summed E-state index contributed by atoms with van der Waals surface area (Å²) in [7, 11) is 0. The van der Waals surface area contributed by atoms with E-state index in [1.807, 2.05) is 6.92 Å². The summed E-state index contributed by atoms with van der Waals surface area (Å²) in [6, 6.07) is 5.58. The number of carbonyl (C=O) groups is 1. The van der Waals surface area contributed by atoms with Crippen molar-refractivity contribution in [3.63, 3.8) is 0 Å². The van der Waals surface area contributed by atoms with E-state index in [0.717, 1.165) is 6.42 Å². The number of nitrogens with one attached hydrogen (secondary N) is 1. The molecule has 1 amide bonds. The SMILES string of the molecule is CCCC(=O)NCC(O)c1ccc(F)cc1. The second-order valence-electron chi connectivity index (χ2n) is 3.62. The average Bonchev–Trinajstić information content (AvgIpc) is 2.27. The van der Waals surface area contributed by atoms with Crippen molar-refractivity contribution < 1.29 is 14.3 Å². The molecule has 0 saturated carbocycles. The van der Waals surface area contributed by atoms with Crippen molar-refractivity contribution in [2.45, 2.75) is 25.9 Å². The van der Waals surface area contributed by atoms with Crippen molar-refractivity contribution in [1.82, 2.24) is 5.32 Å². The number of benzene rings is 1. The van der Waals surface area contributed by atoms with Gasteiger partial charge in [-0.05, 0) is 24.1 Å². The third-order valence-electron chi connectivity index (χ3n) is 2.22. The smallest absolute Gasteiger partial charge is 0.220 e. The zero-order valence-electron chi connectivity index (χ0n) is 9.24. The Hall–Kier alpha value is -1.42. The molecule has 0 saturated heterocycles. The first kappa shape index (κ1) is 12.6. The van der Waals surface area contributed by atoms with E-state index in [9.17, 15) is 14.3 Å². The average molecular weight is 225 g/mol. The Bertz CT molecular complexity index is 337. The van der Waals surface area contributed by atoms with Crippen molar-refractivity contribution in [3.05, 3.63) is 35.6 Å². The van der Waals surface area contributed by atoms with Crippen LogP contribution in [0.3, 0.4) is 0 Å². The summed E-state index contributed by atoms with van der Waals surface area (Å²) < 4.78 is 12.6. The molecule has 0 aromatic heterocycles. The Kier molecular flexibility index (Phi) is 4.92. The highest BCUT2D eigenvalue weighted by atomic mass is 19.1. The van der Waals surface area contributed by atoms with Crippen LogP contribution in [0.25, 0.3) is 0 Å². The molecule has 1 aromatic rings. The lowest BCUT2D eigenvalue weighted by molar-refractivity contribution is -0.121. The van der Waals surface area contributed by atoms with Gasteiger partial charge in [0.05, 0.1) is 6.10 Å². The minimum Gasteiger partial charge on any atom is -0.387 e. The second kappa shape index (κ2) is 6.23. The van der Waals surface area contributed by atoms with Crippen LogP contribution in [0.1, 0.15) is 31.4 Å². The summed E-state index contributed by atoms with van der Waals surface area (Å²) in [5, 5.41) is 12.3. The van der Waals surface area contributed by atoms with Crippen LogP contribution >= 0.6 is 0 Å². The fourth-order valence-electron chi connectivity index (χ4n) is 1.33. The number of rotatable bonds is 5. The normalized spacial score (nSPS) is 12.2.